The molecule has 47 heavy (non-hydrogen) atoms. The molecule has 4 aromatic rings. The third kappa shape index (κ3) is 9.01. The molecule has 0 heterocycles. The number of sulfonamides is 1. The number of aryl methyl sites for hydroxylation is 3. The van der Waals surface area contributed by atoms with Gasteiger partial charge in [0.2, 0.25) is 11.8 Å². The molecule has 0 radical (unpaired) electrons. The van der Waals surface area contributed by atoms with Crippen molar-refractivity contribution in [3.05, 3.63) is 125 Å². The molecule has 0 aliphatic rings. The van der Waals surface area contributed by atoms with Gasteiger partial charge in [-0.25, -0.2) is 8.42 Å². The molecular formula is C38H45N3O5S. The van der Waals surface area contributed by atoms with Crippen molar-refractivity contribution in [3.8, 4) is 5.75 Å². The number of carbonyl (C=O) groups is 2. The van der Waals surface area contributed by atoms with Crippen LogP contribution in [0, 0.1) is 20.8 Å². The van der Waals surface area contributed by atoms with Gasteiger partial charge < -0.3 is 15.0 Å². The molecule has 1 unspecified atom stereocenters. The second-order valence-corrected chi connectivity index (χ2v) is 13.7. The van der Waals surface area contributed by atoms with Crippen LogP contribution < -0.4 is 14.4 Å². The molecule has 0 aliphatic heterocycles. The van der Waals surface area contributed by atoms with Crippen molar-refractivity contribution >= 4 is 27.5 Å². The summed E-state index contributed by atoms with van der Waals surface area (Å²) in [5.41, 5.74) is 4.65. The Hall–Kier alpha value is -4.63. The number of anilines is 1. The molecule has 9 heteroatoms. The van der Waals surface area contributed by atoms with Crippen molar-refractivity contribution in [2.45, 2.75) is 64.4 Å². The van der Waals surface area contributed by atoms with Gasteiger partial charge in [-0.3, -0.25) is 13.9 Å². The maximum Gasteiger partial charge on any atom is 0.264 e. The van der Waals surface area contributed by atoms with E-state index in [9.17, 15) is 18.0 Å². The zero-order valence-corrected chi connectivity index (χ0v) is 28.7. The molecule has 0 aliphatic carbocycles. The highest BCUT2D eigenvalue weighted by Crippen LogP contribution is 2.34. The van der Waals surface area contributed by atoms with Crippen molar-refractivity contribution in [1.29, 1.82) is 0 Å². The molecule has 0 fully saturated rings. The molecule has 0 aromatic heterocycles. The van der Waals surface area contributed by atoms with E-state index in [1.165, 1.54) is 24.1 Å². The van der Waals surface area contributed by atoms with Crippen LogP contribution in [-0.2, 0) is 32.6 Å². The fourth-order valence-corrected chi connectivity index (χ4v) is 6.79. The Bertz CT molecular complexity index is 1760. The first-order valence-corrected chi connectivity index (χ1v) is 17.4. The highest BCUT2D eigenvalue weighted by Gasteiger charge is 2.35. The maximum absolute atomic E-state index is 14.7. The smallest absolute Gasteiger partial charge is 0.264 e. The minimum Gasteiger partial charge on any atom is -0.495 e. The summed E-state index contributed by atoms with van der Waals surface area (Å²) in [7, 11) is -2.78. The van der Waals surface area contributed by atoms with Crippen LogP contribution >= 0.6 is 0 Å². The van der Waals surface area contributed by atoms with Crippen LogP contribution in [0.1, 0.15) is 47.6 Å². The Labute approximate surface area is 279 Å². The first-order chi connectivity index (χ1) is 22.5. The lowest BCUT2D eigenvalue weighted by Crippen LogP contribution is -2.53. The van der Waals surface area contributed by atoms with E-state index in [0.717, 1.165) is 45.0 Å². The Morgan fingerprint density at radius 1 is 0.851 bits per heavy atom. The van der Waals surface area contributed by atoms with Gasteiger partial charge in [-0.2, -0.15) is 0 Å². The predicted octanol–water partition coefficient (Wildman–Crippen LogP) is 6.37. The Balaban J connectivity index is 1.85. The highest BCUT2D eigenvalue weighted by molar-refractivity contribution is 7.92. The average Bonchev–Trinajstić information content (AvgIpc) is 3.06. The van der Waals surface area contributed by atoms with E-state index >= 15 is 0 Å². The molecule has 4 aromatic carbocycles. The van der Waals surface area contributed by atoms with E-state index < -0.39 is 28.5 Å². The Kier molecular flexibility index (Phi) is 12.2. The number of methoxy groups -OCH3 is 1. The number of amides is 2. The topological polar surface area (TPSA) is 96.0 Å². The van der Waals surface area contributed by atoms with Crippen molar-refractivity contribution in [2.24, 2.45) is 0 Å². The predicted molar refractivity (Wildman–Crippen MR) is 187 cm³/mol. The lowest BCUT2D eigenvalue weighted by Gasteiger charge is -2.34. The van der Waals surface area contributed by atoms with Gasteiger partial charge in [-0.15, -0.1) is 0 Å². The van der Waals surface area contributed by atoms with Gasteiger partial charge in [0.15, 0.2) is 0 Å². The largest absolute Gasteiger partial charge is 0.495 e. The molecule has 248 valence electrons. The minimum atomic E-state index is -4.25. The summed E-state index contributed by atoms with van der Waals surface area (Å²) in [6, 6.07) is 28.1. The number of hydrogen-bond donors (Lipinski definition) is 1. The fraction of sp³-hybridized carbons (Fsp3) is 0.316. The standard InChI is InChI=1S/C38H45N3O5S/c1-6-7-23-39-38(43)35(25-31-14-9-8-10-15-31)40(26-32-16-12-11-13-30(32)4)37(42)27-41(34-24-29(3)19-22-36(34)46-5)47(44,45)33-20-17-28(2)18-21-33/h8-22,24,35H,6-7,23,25-27H2,1-5H3,(H,39,43). The second kappa shape index (κ2) is 16.3. The third-order valence-corrected chi connectivity index (χ3v) is 9.97. The zero-order chi connectivity index (χ0) is 34.0. The fourth-order valence-electron chi connectivity index (χ4n) is 5.38. The molecule has 0 saturated heterocycles. The molecule has 0 saturated carbocycles. The van der Waals surface area contributed by atoms with Gasteiger partial charge in [0, 0.05) is 19.5 Å². The van der Waals surface area contributed by atoms with Crippen LogP contribution in [-0.4, -0.2) is 51.4 Å². The van der Waals surface area contributed by atoms with Crippen LogP contribution in [0.2, 0.25) is 0 Å². The van der Waals surface area contributed by atoms with E-state index in [2.05, 4.69) is 5.32 Å². The number of rotatable bonds is 15. The van der Waals surface area contributed by atoms with Crippen molar-refractivity contribution in [3.63, 3.8) is 0 Å². The van der Waals surface area contributed by atoms with Gasteiger partial charge in [0.05, 0.1) is 17.7 Å². The lowest BCUT2D eigenvalue weighted by molar-refractivity contribution is -0.140. The Morgan fingerprint density at radius 2 is 1.51 bits per heavy atom. The summed E-state index contributed by atoms with van der Waals surface area (Å²) in [4.78, 5) is 30.2. The molecular weight excluding hydrogens is 611 g/mol. The average molecular weight is 656 g/mol. The summed E-state index contributed by atoms with van der Waals surface area (Å²) in [6.45, 7) is 7.78. The number of unbranched alkanes of at least 4 members (excludes halogenated alkanes) is 1. The van der Waals surface area contributed by atoms with Crippen molar-refractivity contribution in [1.82, 2.24) is 10.2 Å². The van der Waals surface area contributed by atoms with Crippen LogP contribution in [0.15, 0.2) is 102 Å². The van der Waals surface area contributed by atoms with Crippen LogP contribution in [0.25, 0.3) is 0 Å². The zero-order valence-electron chi connectivity index (χ0n) is 27.9. The number of nitrogens with zero attached hydrogens (tertiary/aromatic N) is 2. The Morgan fingerprint density at radius 3 is 2.17 bits per heavy atom. The van der Waals surface area contributed by atoms with E-state index in [1.807, 2.05) is 88.4 Å². The molecule has 1 atom stereocenters. The summed E-state index contributed by atoms with van der Waals surface area (Å²) in [5, 5.41) is 3.03. The van der Waals surface area contributed by atoms with Gasteiger partial charge >= 0.3 is 0 Å². The normalized spacial score (nSPS) is 11.9. The van der Waals surface area contributed by atoms with Gasteiger partial charge in [0.1, 0.15) is 18.3 Å². The first kappa shape index (κ1) is 35.2. The molecule has 0 spiro atoms. The van der Waals surface area contributed by atoms with Gasteiger partial charge in [-0.1, -0.05) is 91.7 Å². The van der Waals surface area contributed by atoms with E-state index in [4.69, 9.17) is 4.74 Å². The molecule has 4 rings (SSSR count). The van der Waals surface area contributed by atoms with Crippen LogP contribution in [0.5, 0.6) is 5.75 Å². The maximum atomic E-state index is 14.7. The highest BCUT2D eigenvalue weighted by atomic mass is 32.2. The first-order valence-electron chi connectivity index (χ1n) is 15.9. The van der Waals surface area contributed by atoms with E-state index in [-0.39, 0.29) is 29.5 Å². The SMILES string of the molecule is CCCCNC(=O)C(Cc1ccccc1)N(Cc1ccccc1C)C(=O)CN(c1cc(C)ccc1OC)S(=O)(=O)c1ccc(C)cc1. The number of nitrogens with one attached hydrogen (secondary N) is 1. The number of carbonyl (C=O) groups excluding carboxylic acids is 2. The minimum absolute atomic E-state index is 0.0445. The lowest BCUT2D eigenvalue weighted by atomic mass is 10.0. The third-order valence-electron chi connectivity index (χ3n) is 8.19. The number of ether oxygens (including phenoxy) is 1. The quantitative estimate of drug-likeness (QED) is 0.150. The second-order valence-electron chi connectivity index (χ2n) is 11.8. The van der Waals surface area contributed by atoms with Crippen molar-refractivity contribution < 1.29 is 22.7 Å². The molecule has 8 nitrogen and oxygen atoms in total. The summed E-state index contributed by atoms with van der Waals surface area (Å²) in [6.07, 6.45) is 1.96. The van der Waals surface area contributed by atoms with E-state index in [1.54, 1.807) is 24.3 Å². The molecule has 2 amide bonds. The number of hydrogen-bond acceptors (Lipinski definition) is 5. The van der Waals surface area contributed by atoms with Gasteiger partial charge in [-0.05, 0) is 73.7 Å². The van der Waals surface area contributed by atoms with Crippen LogP contribution in [0.4, 0.5) is 5.69 Å². The summed E-state index contributed by atoms with van der Waals surface area (Å²) in [5.74, 6) is -0.493. The van der Waals surface area contributed by atoms with Gasteiger partial charge in [0.25, 0.3) is 10.0 Å². The summed E-state index contributed by atoms with van der Waals surface area (Å²) < 4.78 is 35.5. The molecule has 0 bridgehead atoms. The van der Waals surface area contributed by atoms with Crippen LogP contribution in [0.3, 0.4) is 0 Å². The molecule has 1 N–H and O–H groups in total. The van der Waals surface area contributed by atoms with E-state index in [0.29, 0.717) is 12.3 Å². The monoisotopic (exact) mass is 655 g/mol. The summed E-state index contributed by atoms with van der Waals surface area (Å²) >= 11 is 0. The van der Waals surface area contributed by atoms with Crippen molar-refractivity contribution in [2.75, 3.05) is 24.5 Å². The number of benzene rings is 4.